The number of benzene rings is 1. The maximum atomic E-state index is 11.7. The Balaban J connectivity index is 1.72. The first-order valence-electron chi connectivity index (χ1n) is 6.47. The number of fused-ring (bicyclic) bond motifs is 1. The van der Waals surface area contributed by atoms with Crippen molar-refractivity contribution in [2.75, 3.05) is 13.2 Å². The summed E-state index contributed by atoms with van der Waals surface area (Å²) in [6, 6.07) is 6.89. The fourth-order valence-electron chi connectivity index (χ4n) is 2.47. The monoisotopic (exact) mass is 264 g/mol. The zero-order valence-electron chi connectivity index (χ0n) is 10.5. The number of rotatable bonds is 3. The Morgan fingerprint density at radius 1 is 1.26 bits per heavy atom. The normalized spacial score (nSPS) is 27.1. The molecule has 0 bridgehead atoms. The van der Waals surface area contributed by atoms with Crippen molar-refractivity contribution < 1.29 is 24.1 Å². The molecule has 0 spiro atoms. The number of ether oxygens (including phenoxy) is 3. The predicted octanol–water partition coefficient (Wildman–Crippen LogP) is 1.55. The molecule has 1 N–H and O–H groups in total. The van der Waals surface area contributed by atoms with E-state index in [0.717, 1.165) is 6.42 Å². The van der Waals surface area contributed by atoms with Gasteiger partial charge in [0, 0.05) is 18.4 Å². The molecule has 2 aliphatic heterocycles. The van der Waals surface area contributed by atoms with Crippen molar-refractivity contribution in [1.82, 2.24) is 0 Å². The second-order valence-corrected chi connectivity index (χ2v) is 4.78. The highest BCUT2D eigenvalue weighted by Gasteiger charge is 2.44. The van der Waals surface area contributed by atoms with E-state index in [0.29, 0.717) is 30.8 Å². The van der Waals surface area contributed by atoms with Crippen LogP contribution in [0.4, 0.5) is 0 Å². The molecule has 0 aliphatic carbocycles. The molecule has 3 rings (SSSR count). The van der Waals surface area contributed by atoms with E-state index in [-0.39, 0.29) is 12.7 Å². The van der Waals surface area contributed by atoms with E-state index in [4.69, 9.17) is 14.2 Å². The maximum Gasteiger partial charge on any atom is 0.341 e. The molecule has 1 saturated heterocycles. The molecule has 5 nitrogen and oxygen atoms in total. The van der Waals surface area contributed by atoms with E-state index in [1.807, 2.05) is 0 Å². The Morgan fingerprint density at radius 3 is 2.79 bits per heavy atom. The third-order valence-corrected chi connectivity index (χ3v) is 3.44. The fraction of sp³-hybridized carbons (Fsp3) is 0.500. The van der Waals surface area contributed by atoms with E-state index in [2.05, 4.69) is 0 Å². The Morgan fingerprint density at radius 2 is 2.00 bits per heavy atom. The summed E-state index contributed by atoms with van der Waals surface area (Å²) in [6.07, 6.45) is 1.31. The predicted molar refractivity (Wildman–Crippen MR) is 65.3 cm³/mol. The third-order valence-electron chi connectivity index (χ3n) is 3.44. The van der Waals surface area contributed by atoms with E-state index >= 15 is 0 Å². The van der Waals surface area contributed by atoms with Gasteiger partial charge in [0.15, 0.2) is 6.29 Å². The van der Waals surface area contributed by atoms with Crippen LogP contribution >= 0.6 is 0 Å². The van der Waals surface area contributed by atoms with E-state index in [1.165, 1.54) is 0 Å². The fourth-order valence-corrected chi connectivity index (χ4v) is 2.47. The van der Waals surface area contributed by atoms with Crippen LogP contribution in [-0.4, -0.2) is 30.6 Å². The van der Waals surface area contributed by atoms with Crippen LogP contribution in [0.5, 0.6) is 0 Å². The van der Waals surface area contributed by atoms with Crippen molar-refractivity contribution in [3.63, 3.8) is 0 Å². The summed E-state index contributed by atoms with van der Waals surface area (Å²) in [5, 5.41) is 10.5. The van der Waals surface area contributed by atoms with Crippen molar-refractivity contribution in [1.29, 1.82) is 0 Å². The summed E-state index contributed by atoms with van der Waals surface area (Å²) in [5.41, 5.74) is 0.950. The lowest BCUT2D eigenvalue weighted by molar-refractivity contribution is -0.210. The van der Waals surface area contributed by atoms with Crippen LogP contribution < -0.4 is 0 Å². The quantitative estimate of drug-likeness (QED) is 0.839. The minimum Gasteiger partial charge on any atom is -0.425 e. The van der Waals surface area contributed by atoms with Gasteiger partial charge in [0.1, 0.15) is 0 Å². The van der Waals surface area contributed by atoms with Gasteiger partial charge in [0.2, 0.25) is 5.79 Å². The SMILES string of the molecule is O=C1OC(O)(CCC2OCCCO2)c2ccccc21. The van der Waals surface area contributed by atoms with E-state index in [9.17, 15) is 9.90 Å². The molecule has 2 aliphatic rings. The minimum atomic E-state index is -1.56. The highest BCUT2D eigenvalue weighted by atomic mass is 16.7. The second kappa shape index (κ2) is 4.92. The lowest BCUT2D eigenvalue weighted by atomic mass is 9.98. The third kappa shape index (κ3) is 2.36. The van der Waals surface area contributed by atoms with Gasteiger partial charge in [-0.15, -0.1) is 0 Å². The van der Waals surface area contributed by atoms with Gasteiger partial charge in [0.25, 0.3) is 0 Å². The van der Waals surface area contributed by atoms with Crippen molar-refractivity contribution in [2.45, 2.75) is 31.3 Å². The van der Waals surface area contributed by atoms with Crippen LogP contribution in [0.3, 0.4) is 0 Å². The molecule has 0 saturated carbocycles. The number of carbonyl (C=O) groups excluding carboxylic acids is 1. The molecule has 0 amide bonds. The highest BCUT2D eigenvalue weighted by Crippen LogP contribution is 2.38. The van der Waals surface area contributed by atoms with Gasteiger partial charge in [-0.25, -0.2) is 4.79 Å². The van der Waals surface area contributed by atoms with Crippen molar-refractivity contribution in [3.05, 3.63) is 35.4 Å². The minimum absolute atomic E-state index is 0.264. The van der Waals surface area contributed by atoms with Crippen LogP contribution in [0.25, 0.3) is 0 Å². The Labute approximate surface area is 111 Å². The Bertz CT molecular complexity index is 480. The van der Waals surface area contributed by atoms with Gasteiger partial charge in [-0.2, -0.15) is 0 Å². The molecule has 1 fully saturated rings. The number of hydrogen-bond acceptors (Lipinski definition) is 5. The summed E-state index contributed by atoms with van der Waals surface area (Å²) in [7, 11) is 0. The summed E-state index contributed by atoms with van der Waals surface area (Å²) in [6.45, 7) is 1.33. The lowest BCUT2D eigenvalue weighted by Crippen LogP contribution is -2.31. The zero-order chi connectivity index (χ0) is 13.3. The smallest absolute Gasteiger partial charge is 0.341 e. The molecule has 2 heterocycles. The number of cyclic esters (lactones) is 1. The van der Waals surface area contributed by atoms with E-state index in [1.54, 1.807) is 24.3 Å². The molecule has 1 aromatic rings. The first-order chi connectivity index (χ1) is 9.19. The van der Waals surface area contributed by atoms with Crippen LogP contribution in [-0.2, 0) is 20.0 Å². The molecule has 102 valence electrons. The second-order valence-electron chi connectivity index (χ2n) is 4.78. The summed E-state index contributed by atoms with van der Waals surface area (Å²) in [5.74, 6) is -2.04. The van der Waals surface area contributed by atoms with Crippen molar-refractivity contribution in [3.8, 4) is 0 Å². The standard InChI is InChI=1S/C14H16O5/c15-13-10-4-1-2-5-11(10)14(16,19-13)7-6-12-17-8-3-9-18-12/h1-2,4-5,12,16H,3,6-9H2. The van der Waals surface area contributed by atoms with Gasteiger partial charge in [-0.1, -0.05) is 18.2 Å². The van der Waals surface area contributed by atoms with Crippen LogP contribution in [0.1, 0.15) is 35.2 Å². The first-order valence-corrected chi connectivity index (χ1v) is 6.47. The summed E-state index contributed by atoms with van der Waals surface area (Å²) < 4.78 is 16.0. The van der Waals surface area contributed by atoms with Gasteiger partial charge in [-0.05, 0) is 12.5 Å². The number of esters is 1. The first kappa shape index (κ1) is 12.6. The molecule has 0 radical (unpaired) electrons. The van der Waals surface area contributed by atoms with Gasteiger partial charge < -0.3 is 19.3 Å². The van der Waals surface area contributed by atoms with Crippen LogP contribution in [0.15, 0.2) is 24.3 Å². The zero-order valence-corrected chi connectivity index (χ0v) is 10.5. The molecular formula is C14H16O5. The Hall–Kier alpha value is -1.43. The topological polar surface area (TPSA) is 65.0 Å². The average Bonchev–Trinajstić information content (AvgIpc) is 2.71. The average molecular weight is 264 g/mol. The van der Waals surface area contributed by atoms with Gasteiger partial charge in [-0.3, -0.25) is 0 Å². The summed E-state index contributed by atoms with van der Waals surface area (Å²) >= 11 is 0. The molecular weight excluding hydrogens is 248 g/mol. The van der Waals surface area contributed by atoms with Crippen LogP contribution in [0, 0.1) is 0 Å². The van der Waals surface area contributed by atoms with Crippen molar-refractivity contribution in [2.24, 2.45) is 0 Å². The number of carbonyl (C=O) groups is 1. The van der Waals surface area contributed by atoms with Crippen LogP contribution in [0.2, 0.25) is 0 Å². The molecule has 1 unspecified atom stereocenters. The number of aliphatic hydroxyl groups is 1. The number of hydrogen-bond donors (Lipinski definition) is 1. The highest BCUT2D eigenvalue weighted by molar-refractivity contribution is 5.94. The van der Waals surface area contributed by atoms with Crippen molar-refractivity contribution >= 4 is 5.97 Å². The lowest BCUT2D eigenvalue weighted by Gasteiger charge is -2.27. The molecule has 5 heteroatoms. The van der Waals surface area contributed by atoms with E-state index < -0.39 is 11.8 Å². The summed E-state index contributed by atoms with van der Waals surface area (Å²) in [4.78, 5) is 11.7. The molecule has 1 atom stereocenters. The molecule has 0 aromatic heterocycles. The maximum absolute atomic E-state index is 11.7. The largest absolute Gasteiger partial charge is 0.425 e. The van der Waals surface area contributed by atoms with Gasteiger partial charge in [0.05, 0.1) is 18.8 Å². The van der Waals surface area contributed by atoms with Gasteiger partial charge >= 0.3 is 5.97 Å². The molecule has 1 aromatic carbocycles. The Kier molecular flexibility index (Phi) is 3.26. The molecule has 19 heavy (non-hydrogen) atoms.